The van der Waals surface area contributed by atoms with Crippen molar-refractivity contribution in [1.29, 1.82) is 0 Å². The number of rotatable bonds is 5. The molecule has 1 aromatic carbocycles. The summed E-state index contributed by atoms with van der Waals surface area (Å²) in [6, 6.07) is 4.42. The maximum absolute atomic E-state index is 12.7. The Morgan fingerprint density at radius 2 is 1.75 bits per heavy atom. The molecule has 0 N–H and O–H groups in total. The van der Waals surface area contributed by atoms with Crippen molar-refractivity contribution in [3.05, 3.63) is 46.8 Å². The monoisotopic (exact) mass is 395 g/mol. The summed E-state index contributed by atoms with van der Waals surface area (Å²) in [5, 5.41) is 7.51. The highest BCUT2D eigenvalue weighted by atomic mass is 19.4. The zero-order chi connectivity index (χ0) is 20.7. The van der Waals surface area contributed by atoms with Gasteiger partial charge in [0.15, 0.2) is 0 Å². The highest BCUT2D eigenvalue weighted by Crippen LogP contribution is 2.29. The fraction of sp³-hybridized carbons (Fsp3) is 0.333. The van der Waals surface area contributed by atoms with Gasteiger partial charge >= 0.3 is 18.1 Å². The van der Waals surface area contributed by atoms with E-state index in [0.717, 1.165) is 12.1 Å². The van der Waals surface area contributed by atoms with Crippen LogP contribution in [0.4, 0.5) is 13.2 Å². The van der Waals surface area contributed by atoms with Crippen molar-refractivity contribution in [2.24, 2.45) is 0 Å². The number of carbonyl (C=O) groups is 2. The van der Waals surface area contributed by atoms with Gasteiger partial charge in [0.05, 0.1) is 25.3 Å². The zero-order valence-electron chi connectivity index (χ0n) is 15.0. The predicted octanol–water partition coefficient (Wildman–Crippen LogP) is 2.44. The first-order valence-corrected chi connectivity index (χ1v) is 8.21. The van der Waals surface area contributed by atoms with Crippen LogP contribution in [0.1, 0.15) is 41.2 Å². The summed E-state index contributed by atoms with van der Waals surface area (Å²) in [5.41, 5.74) is -0.533. The summed E-state index contributed by atoms with van der Waals surface area (Å²) in [7, 11) is 0. The second-order valence-electron chi connectivity index (χ2n) is 5.33. The molecule has 0 aliphatic carbocycles. The number of esters is 2. The van der Waals surface area contributed by atoms with Crippen molar-refractivity contribution in [1.82, 2.24) is 15.0 Å². The molecule has 0 unspecified atom stereocenters. The van der Waals surface area contributed by atoms with Gasteiger partial charge in [-0.25, -0.2) is 14.3 Å². The third-order valence-corrected chi connectivity index (χ3v) is 3.38. The Kier molecular flexibility index (Phi) is 6.76. The molecule has 1 heterocycles. The zero-order valence-corrected chi connectivity index (χ0v) is 15.0. The summed E-state index contributed by atoms with van der Waals surface area (Å²) < 4.78 is 48.8. The third-order valence-electron chi connectivity index (χ3n) is 3.38. The molecule has 10 heteroatoms. The van der Waals surface area contributed by atoms with E-state index < -0.39 is 23.7 Å². The Morgan fingerprint density at radius 3 is 2.32 bits per heavy atom. The molecule has 0 saturated heterocycles. The van der Waals surface area contributed by atoms with Gasteiger partial charge in [0, 0.05) is 5.92 Å². The van der Waals surface area contributed by atoms with Crippen molar-refractivity contribution < 1.29 is 32.2 Å². The van der Waals surface area contributed by atoms with Gasteiger partial charge in [0.25, 0.3) is 0 Å². The lowest BCUT2D eigenvalue weighted by atomic mass is 10.1. The molecule has 2 rings (SSSR count). The maximum atomic E-state index is 12.7. The van der Waals surface area contributed by atoms with Crippen LogP contribution in [0.3, 0.4) is 0 Å². The average molecular weight is 395 g/mol. The van der Waals surface area contributed by atoms with Crippen molar-refractivity contribution in [2.45, 2.75) is 26.6 Å². The van der Waals surface area contributed by atoms with Gasteiger partial charge in [0.2, 0.25) is 5.69 Å². The second-order valence-corrected chi connectivity index (χ2v) is 5.33. The summed E-state index contributed by atoms with van der Waals surface area (Å²) >= 11 is 0. The Bertz CT molecular complexity index is 909. The normalized spacial score (nSPS) is 10.8. The van der Waals surface area contributed by atoms with E-state index in [2.05, 4.69) is 22.2 Å². The third kappa shape index (κ3) is 5.33. The molecular weight excluding hydrogens is 379 g/mol. The van der Waals surface area contributed by atoms with E-state index in [-0.39, 0.29) is 31.1 Å². The summed E-state index contributed by atoms with van der Waals surface area (Å²) in [6.45, 7) is 3.42. The van der Waals surface area contributed by atoms with Gasteiger partial charge < -0.3 is 9.47 Å². The fourth-order valence-electron chi connectivity index (χ4n) is 2.13. The Balaban J connectivity index is 2.35. The van der Waals surface area contributed by atoms with Crippen LogP contribution in [0.5, 0.6) is 0 Å². The number of halogens is 3. The Morgan fingerprint density at radius 1 is 1.11 bits per heavy atom. The topological polar surface area (TPSA) is 83.3 Å². The number of carbonyl (C=O) groups excluding carboxylic acids is 2. The maximum Gasteiger partial charge on any atom is 0.416 e. The SMILES string of the molecule is CCOC(=O)C#Cc1c(C(=O)OCC)nnn1Cc1ccc(C(F)(F)F)cc1. The van der Waals surface area contributed by atoms with Crippen LogP contribution < -0.4 is 0 Å². The van der Waals surface area contributed by atoms with E-state index in [1.54, 1.807) is 13.8 Å². The quantitative estimate of drug-likeness (QED) is 0.571. The van der Waals surface area contributed by atoms with Crippen molar-refractivity contribution in [2.75, 3.05) is 13.2 Å². The van der Waals surface area contributed by atoms with Gasteiger partial charge in [-0.05, 0) is 37.5 Å². The van der Waals surface area contributed by atoms with Crippen LogP contribution in [0.25, 0.3) is 0 Å². The minimum Gasteiger partial charge on any atom is -0.461 e. The average Bonchev–Trinajstić information content (AvgIpc) is 3.03. The molecule has 0 bridgehead atoms. The van der Waals surface area contributed by atoms with E-state index in [0.29, 0.717) is 5.56 Å². The molecule has 148 valence electrons. The van der Waals surface area contributed by atoms with Crippen LogP contribution in [-0.4, -0.2) is 40.1 Å². The number of benzene rings is 1. The van der Waals surface area contributed by atoms with Gasteiger partial charge in [-0.1, -0.05) is 17.3 Å². The lowest BCUT2D eigenvalue weighted by Gasteiger charge is -2.08. The molecule has 0 aliphatic rings. The number of ether oxygens (including phenoxy) is 2. The highest BCUT2D eigenvalue weighted by molar-refractivity contribution is 5.92. The lowest BCUT2D eigenvalue weighted by Crippen LogP contribution is -2.10. The summed E-state index contributed by atoms with van der Waals surface area (Å²) in [6.07, 6.45) is -4.45. The van der Waals surface area contributed by atoms with Crippen molar-refractivity contribution >= 4 is 11.9 Å². The first-order valence-electron chi connectivity index (χ1n) is 8.21. The second kappa shape index (κ2) is 9.03. The van der Waals surface area contributed by atoms with E-state index in [4.69, 9.17) is 9.47 Å². The fourth-order valence-corrected chi connectivity index (χ4v) is 2.13. The smallest absolute Gasteiger partial charge is 0.416 e. The van der Waals surface area contributed by atoms with E-state index in [1.807, 2.05) is 0 Å². The van der Waals surface area contributed by atoms with E-state index in [9.17, 15) is 22.8 Å². The van der Waals surface area contributed by atoms with Crippen molar-refractivity contribution in [3.8, 4) is 11.8 Å². The number of aromatic nitrogens is 3. The molecular formula is C18H16F3N3O4. The largest absolute Gasteiger partial charge is 0.461 e. The summed E-state index contributed by atoms with van der Waals surface area (Å²) in [4.78, 5) is 23.5. The van der Waals surface area contributed by atoms with Crippen LogP contribution in [0.2, 0.25) is 0 Å². The van der Waals surface area contributed by atoms with Gasteiger partial charge in [-0.2, -0.15) is 13.2 Å². The molecule has 0 atom stereocenters. The number of hydrogen-bond donors (Lipinski definition) is 0. The summed E-state index contributed by atoms with van der Waals surface area (Å²) in [5.74, 6) is 3.10. The molecule has 2 aromatic rings. The number of hydrogen-bond acceptors (Lipinski definition) is 6. The molecule has 0 fully saturated rings. The molecule has 0 saturated carbocycles. The molecule has 7 nitrogen and oxygen atoms in total. The molecule has 28 heavy (non-hydrogen) atoms. The molecule has 0 radical (unpaired) electrons. The van der Waals surface area contributed by atoms with Gasteiger partial charge in [-0.3, -0.25) is 0 Å². The lowest BCUT2D eigenvalue weighted by molar-refractivity contribution is -0.138. The Hall–Kier alpha value is -3.35. The van der Waals surface area contributed by atoms with Crippen molar-refractivity contribution in [3.63, 3.8) is 0 Å². The van der Waals surface area contributed by atoms with E-state index >= 15 is 0 Å². The van der Waals surface area contributed by atoms with Crippen LogP contribution in [-0.2, 0) is 27.0 Å². The van der Waals surface area contributed by atoms with Gasteiger partial charge in [0.1, 0.15) is 5.69 Å². The van der Waals surface area contributed by atoms with E-state index in [1.165, 1.54) is 16.8 Å². The van der Waals surface area contributed by atoms with Crippen LogP contribution in [0, 0.1) is 11.8 Å². The number of alkyl halides is 3. The first kappa shape index (κ1) is 21.0. The minimum atomic E-state index is -4.45. The number of nitrogens with zero attached hydrogens (tertiary/aromatic N) is 3. The molecule has 1 aromatic heterocycles. The first-order chi connectivity index (χ1) is 13.3. The van der Waals surface area contributed by atoms with Gasteiger partial charge in [-0.15, -0.1) is 5.10 Å². The molecule has 0 amide bonds. The van der Waals surface area contributed by atoms with Crippen LogP contribution in [0.15, 0.2) is 24.3 Å². The standard InChI is InChI=1S/C18H16F3N3O4/c1-3-27-15(25)10-9-14-16(17(26)28-4-2)22-23-24(14)11-12-5-7-13(8-6-12)18(19,20)21/h5-8H,3-4,11H2,1-2H3. The Labute approximate surface area is 158 Å². The molecule has 0 spiro atoms. The van der Waals surface area contributed by atoms with Crippen LogP contribution >= 0.6 is 0 Å². The predicted molar refractivity (Wildman–Crippen MR) is 90.0 cm³/mol. The molecule has 0 aliphatic heterocycles. The highest BCUT2D eigenvalue weighted by Gasteiger charge is 2.30. The minimum absolute atomic E-state index is 0.00796.